The minimum atomic E-state index is -4.51. The predicted molar refractivity (Wildman–Crippen MR) is 118 cm³/mol. The highest BCUT2D eigenvalue weighted by atomic mass is 35.5. The highest BCUT2D eigenvalue weighted by Crippen LogP contribution is 2.36. The van der Waals surface area contributed by atoms with E-state index in [1.165, 1.54) is 6.07 Å². The van der Waals surface area contributed by atoms with Gasteiger partial charge in [-0.15, -0.1) is 0 Å². The number of rotatable bonds is 6. The van der Waals surface area contributed by atoms with Gasteiger partial charge in [-0.1, -0.05) is 11.6 Å². The van der Waals surface area contributed by atoms with Crippen molar-refractivity contribution in [3.05, 3.63) is 65.1 Å². The van der Waals surface area contributed by atoms with Crippen molar-refractivity contribution in [3.63, 3.8) is 0 Å². The van der Waals surface area contributed by atoms with Crippen molar-refractivity contribution in [2.24, 2.45) is 0 Å². The van der Waals surface area contributed by atoms with E-state index in [0.29, 0.717) is 48.7 Å². The number of carbonyl (C=O) groups is 1. The highest BCUT2D eigenvalue weighted by Gasteiger charge is 2.32. The molecule has 0 saturated carbocycles. The molecule has 0 atom stereocenters. The number of morpholine rings is 1. The Labute approximate surface area is 193 Å². The predicted octanol–water partition coefficient (Wildman–Crippen LogP) is 5.42. The lowest BCUT2D eigenvalue weighted by Crippen LogP contribution is -2.36. The van der Waals surface area contributed by atoms with Crippen LogP contribution in [0.4, 0.5) is 24.5 Å². The third kappa shape index (κ3) is 5.85. The Balaban J connectivity index is 1.44. The van der Waals surface area contributed by atoms with Gasteiger partial charge in [-0.25, -0.2) is 4.98 Å². The summed E-state index contributed by atoms with van der Waals surface area (Å²) in [5.74, 6) is 0.456. The van der Waals surface area contributed by atoms with Gasteiger partial charge in [0.05, 0.1) is 36.3 Å². The highest BCUT2D eigenvalue weighted by molar-refractivity contribution is 6.30. The number of aryl methyl sites for hydroxylation is 1. The fourth-order valence-corrected chi connectivity index (χ4v) is 3.63. The molecule has 1 aromatic heterocycles. The maximum absolute atomic E-state index is 13.2. The van der Waals surface area contributed by atoms with Crippen LogP contribution >= 0.6 is 11.6 Å². The summed E-state index contributed by atoms with van der Waals surface area (Å²) >= 11 is 5.89. The number of anilines is 2. The van der Waals surface area contributed by atoms with Crippen LogP contribution in [0.15, 0.2) is 53.1 Å². The van der Waals surface area contributed by atoms with Gasteiger partial charge >= 0.3 is 6.18 Å². The number of halogens is 4. The summed E-state index contributed by atoms with van der Waals surface area (Å²) < 4.78 is 50.7. The van der Waals surface area contributed by atoms with Crippen molar-refractivity contribution < 1.29 is 27.1 Å². The van der Waals surface area contributed by atoms with E-state index in [-0.39, 0.29) is 18.5 Å². The minimum Gasteiger partial charge on any atom is -0.441 e. The average molecular weight is 480 g/mol. The zero-order chi connectivity index (χ0) is 23.4. The second-order valence-electron chi connectivity index (χ2n) is 7.50. The van der Waals surface area contributed by atoms with Gasteiger partial charge in [-0.2, -0.15) is 13.2 Å². The van der Waals surface area contributed by atoms with Gasteiger partial charge in [0.2, 0.25) is 5.91 Å². The molecule has 0 spiro atoms. The third-order valence-electron chi connectivity index (χ3n) is 5.20. The number of amides is 1. The standard InChI is InChI=1S/C23H21ClF3N3O3/c24-17-4-1-15(2-5-17)20-14-28-22(33-20)8-7-21(31)29-18-13-16(23(25,26)27)3-6-19(18)30-9-11-32-12-10-30/h1-6,13-14H,7-12H2,(H,29,31). The lowest BCUT2D eigenvalue weighted by Gasteiger charge is -2.31. The lowest BCUT2D eigenvalue weighted by atomic mass is 10.1. The molecule has 1 aliphatic rings. The van der Waals surface area contributed by atoms with Crippen LogP contribution in [0.5, 0.6) is 0 Å². The van der Waals surface area contributed by atoms with E-state index in [4.69, 9.17) is 20.8 Å². The van der Waals surface area contributed by atoms with Crippen molar-refractivity contribution in [1.82, 2.24) is 4.98 Å². The monoisotopic (exact) mass is 479 g/mol. The number of nitrogens with zero attached hydrogens (tertiary/aromatic N) is 2. The number of aromatic nitrogens is 1. The van der Waals surface area contributed by atoms with Crippen LogP contribution < -0.4 is 10.2 Å². The van der Waals surface area contributed by atoms with Crippen LogP contribution in [0.2, 0.25) is 5.02 Å². The Morgan fingerprint density at radius 2 is 1.85 bits per heavy atom. The smallest absolute Gasteiger partial charge is 0.416 e. The van der Waals surface area contributed by atoms with Crippen molar-refractivity contribution in [1.29, 1.82) is 0 Å². The zero-order valence-electron chi connectivity index (χ0n) is 17.5. The number of hydrogen-bond donors (Lipinski definition) is 1. The zero-order valence-corrected chi connectivity index (χ0v) is 18.2. The molecule has 0 aliphatic carbocycles. The van der Waals surface area contributed by atoms with E-state index in [9.17, 15) is 18.0 Å². The van der Waals surface area contributed by atoms with Crippen LogP contribution in [0.3, 0.4) is 0 Å². The Morgan fingerprint density at radius 3 is 2.55 bits per heavy atom. The molecule has 4 rings (SSSR count). The maximum atomic E-state index is 13.2. The largest absolute Gasteiger partial charge is 0.441 e. The molecule has 1 fully saturated rings. The topological polar surface area (TPSA) is 67.6 Å². The molecule has 1 saturated heterocycles. The first-order valence-corrected chi connectivity index (χ1v) is 10.7. The molecular formula is C23H21ClF3N3O3. The molecule has 10 heteroatoms. The first-order valence-electron chi connectivity index (χ1n) is 10.3. The Kier molecular flexibility index (Phi) is 6.90. The van der Waals surface area contributed by atoms with E-state index in [1.807, 2.05) is 4.90 Å². The lowest BCUT2D eigenvalue weighted by molar-refractivity contribution is -0.137. The van der Waals surface area contributed by atoms with Crippen LogP contribution in [0, 0.1) is 0 Å². The number of ether oxygens (including phenoxy) is 1. The molecule has 1 aliphatic heterocycles. The fraction of sp³-hybridized carbons (Fsp3) is 0.304. The molecule has 0 bridgehead atoms. The van der Waals surface area contributed by atoms with Gasteiger partial charge in [0.25, 0.3) is 0 Å². The Bertz CT molecular complexity index is 1110. The molecule has 1 amide bonds. The molecule has 2 heterocycles. The molecule has 2 aromatic carbocycles. The van der Waals surface area contributed by atoms with Crippen LogP contribution in [0.25, 0.3) is 11.3 Å². The normalized spacial score (nSPS) is 14.4. The summed E-state index contributed by atoms with van der Waals surface area (Å²) in [5, 5.41) is 3.23. The van der Waals surface area contributed by atoms with E-state index >= 15 is 0 Å². The Morgan fingerprint density at radius 1 is 1.12 bits per heavy atom. The number of hydrogen-bond acceptors (Lipinski definition) is 5. The summed E-state index contributed by atoms with van der Waals surface area (Å²) in [6.45, 7) is 1.99. The quantitative estimate of drug-likeness (QED) is 0.511. The van der Waals surface area contributed by atoms with Crippen molar-refractivity contribution in [2.75, 3.05) is 36.5 Å². The number of oxazole rings is 1. The van der Waals surface area contributed by atoms with Crippen molar-refractivity contribution >= 4 is 28.9 Å². The molecule has 3 aromatic rings. The van der Waals surface area contributed by atoms with Crippen LogP contribution in [0.1, 0.15) is 17.9 Å². The first kappa shape index (κ1) is 23.1. The molecule has 0 radical (unpaired) electrons. The van der Waals surface area contributed by atoms with Crippen molar-refractivity contribution in [3.8, 4) is 11.3 Å². The van der Waals surface area contributed by atoms with Gasteiger partial charge in [0, 0.05) is 36.5 Å². The summed E-state index contributed by atoms with van der Waals surface area (Å²) in [6, 6.07) is 10.4. The summed E-state index contributed by atoms with van der Waals surface area (Å²) in [6.07, 6.45) is -2.76. The number of benzene rings is 2. The summed E-state index contributed by atoms with van der Waals surface area (Å²) in [5.41, 5.74) is 0.614. The van der Waals surface area contributed by atoms with Gasteiger partial charge < -0.3 is 19.4 Å². The number of carbonyl (C=O) groups excluding carboxylic acids is 1. The van der Waals surface area contributed by atoms with E-state index in [0.717, 1.165) is 17.7 Å². The summed E-state index contributed by atoms with van der Waals surface area (Å²) in [4.78, 5) is 18.7. The molecule has 6 nitrogen and oxygen atoms in total. The van der Waals surface area contributed by atoms with Crippen LogP contribution in [-0.2, 0) is 22.1 Å². The first-order chi connectivity index (χ1) is 15.8. The molecule has 174 valence electrons. The molecular weight excluding hydrogens is 459 g/mol. The van der Waals surface area contributed by atoms with Gasteiger partial charge in [-0.3, -0.25) is 4.79 Å². The summed E-state index contributed by atoms with van der Waals surface area (Å²) in [7, 11) is 0. The average Bonchev–Trinajstić information content (AvgIpc) is 3.27. The van der Waals surface area contributed by atoms with Gasteiger partial charge in [-0.05, 0) is 42.5 Å². The SMILES string of the molecule is O=C(CCc1ncc(-c2ccc(Cl)cc2)o1)Nc1cc(C(F)(F)F)ccc1N1CCOCC1. The van der Waals surface area contributed by atoms with E-state index < -0.39 is 17.6 Å². The Hall–Kier alpha value is -3.04. The second kappa shape index (κ2) is 9.84. The van der Waals surface area contributed by atoms with Gasteiger partial charge in [0.15, 0.2) is 11.7 Å². The minimum absolute atomic E-state index is 0.000627. The second-order valence-corrected chi connectivity index (χ2v) is 7.94. The number of nitrogens with one attached hydrogen (secondary N) is 1. The fourth-order valence-electron chi connectivity index (χ4n) is 3.50. The third-order valence-corrected chi connectivity index (χ3v) is 5.45. The van der Waals surface area contributed by atoms with Crippen LogP contribution in [-0.4, -0.2) is 37.2 Å². The van der Waals surface area contributed by atoms with E-state index in [2.05, 4.69) is 10.3 Å². The number of alkyl halides is 3. The van der Waals surface area contributed by atoms with E-state index in [1.54, 1.807) is 30.5 Å². The molecule has 0 unspecified atom stereocenters. The molecule has 33 heavy (non-hydrogen) atoms. The van der Waals surface area contributed by atoms with Crippen molar-refractivity contribution in [2.45, 2.75) is 19.0 Å². The molecule has 1 N–H and O–H groups in total. The van der Waals surface area contributed by atoms with Gasteiger partial charge in [0.1, 0.15) is 0 Å². The maximum Gasteiger partial charge on any atom is 0.416 e.